The van der Waals surface area contributed by atoms with Gasteiger partial charge in [0.15, 0.2) is 0 Å². The van der Waals surface area contributed by atoms with Gasteiger partial charge in [-0.25, -0.2) is 0 Å². The molecule has 0 atom stereocenters. The molecule has 0 aliphatic carbocycles. The predicted molar refractivity (Wildman–Crippen MR) is 53.6 cm³/mol. The number of rotatable bonds is 2. The normalized spacial score (nSPS) is 9.87. The van der Waals surface area contributed by atoms with Crippen LogP contribution in [0.25, 0.3) is 0 Å². The van der Waals surface area contributed by atoms with Gasteiger partial charge in [0, 0.05) is 12.4 Å². The highest BCUT2D eigenvalue weighted by molar-refractivity contribution is 6.09. The Labute approximate surface area is 86.2 Å². The van der Waals surface area contributed by atoms with Crippen molar-refractivity contribution in [2.75, 3.05) is 0 Å². The van der Waals surface area contributed by atoms with Crippen LogP contribution in [0.15, 0.2) is 42.9 Å². The smallest absolute Gasteiger partial charge is 0.215 e. The summed E-state index contributed by atoms with van der Waals surface area (Å²) in [6.45, 7) is 0. The molecule has 74 valence electrons. The zero-order valence-corrected chi connectivity index (χ0v) is 7.79. The Kier molecular flexibility index (Phi) is 2.41. The Morgan fingerprint density at radius 3 is 2.73 bits per heavy atom. The molecule has 4 heteroatoms. The first kappa shape index (κ1) is 9.33. The number of aromatic nitrogens is 2. The Balaban J connectivity index is 2.42. The number of ketones is 1. The van der Waals surface area contributed by atoms with Gasteiger partial charge in [-0.15, -0.1) is 0 Å². The minimum absolute atomic E-state index is 0.131. The van der Waals surface area contributed by atoms with Gasteiger partial charge < -0.3 is 5.11 Å². The van der Waals surface area contributed by atoms with Crippen LogP contribution in [-0.4, -0.2) is 20.9 Å². The predicted octanol–water partition coefficient (Wildman–Crippen LogP) is 1.41. The highest BCUT2D eigenvalue weighted by Crippen LogP contribution is 2.17. The monoisotopic (exact) mass is 200 g/mol. The van der Waals surface area contributed by atoms with E-state index in [4.69, 9.17) is 0 Å². The molecule has 0 saturated carbocycles. The van der Waals surface area contributed by atoms with Crippen molar-refractivity contribution < 1.29 is 9.90 Å². The van der Waals surface area contributed by atoms with Crippen molar-refractivity contribution in [1.29, 1.82) is 0 Å². The van der Waals surface area contributed by atoms with E-state index in [1.807, 2.05) is 0 Å². The van der Waals surface area contributed by atoms with Gasteiger partial charge >= 0.3 is 0 Å². The lowest BCUT2D eigenvalue weighted by atomic mass is 10.1. The van der Waals surface area contributed by atoms with Crippen LogP contribution < -0.4 is 0 Å². The molecule has 2 aromatic rings. The SMILES string of the molecule is O=C(c1ccccn1)c1ccncc1O. The van der Waals surface area contributed by atoms with Crippen LogP contribution in [0, 0.1) is 0 Å². The molecular weight excluding hydrogens is 192 g/mol. The average molecular weight is 200 g/mol. The number of nitrogens with zero attached hydrogens (tertiary/aromatic N) is 2. The van der Waals surface area contributed by atoms with Gasteiger partial charge in [-0.2, -0.15) is 0 Å². The molecule has 2 aromatic heterocycles. The van der Waals surface area contributed by atoms with Crippen LogP contribution in [0.3, 0.4) is 0 Å². The van der Waals surface area contributed by atoms with Crippen LogP contribution >= 0.6 is 0 Å². The molecule has 1 N–H and O–H groups in total. The summed E-state index contributed by atoms with van der Waals surface area (Å²) >= 11 is 0. The fourth-order valence-electron chi connectivity index (χ4n) is 1.21. The maximum atomic E-state index is 11.8. The minimum atomic E-state index is -0.310. The molecule has 0 radical (unpaired) electrons. The molecule has 0 fully saturated rings. The third-order valence-electron chi connectivity index (χ3n) is 1.94. The molecule has 0 saturated heterocycles. The third-order valence-corrected chi connectivity index (χ3v) is 1.94. The molecule has 0 unspecified atom stereocenters. The van der Waals surface area contributed by atoms with Crippen molar-refractivity contribution in [3.05, 3.63) is 54.1 Å². The van der Waals surface area contributed by atoms with E-state index in [1.54, 1.807) is 18.2 Å². The Hall–Kier alpha value is -2.23. The first-order valence-electron chi connectivity index (χ1n) is 4.38. The fourth-order valence-corrected chi connectivity index (χ4v) is 1.21. The molecule has 4 nitrogen and oxygen atoms in total. The van der Waals surface area contributed by atoms with E-state index in [2.05, 4.69) is 9.97 Å². The van der Waals surface area contributed by atoms with E-state index in [0.29, 0.717) is 5.69 Å². The Bertz CT molecular complexity index is 483. The molecule has 0 aliphatic heterocycles. The van der Waals surface area contributed by atoms with Gasteiger partial charge in [0.05, 0.1) is 11.8 Å². The number of aromatic hydroxyl groups is 1. The van der Waals surface area contributed by atoms with Crippen molar-refractivity contribution >= 4 is 5.78 Å². The maximum Gasteiger partial charge on any atom is 0.215 e. The highest BCUT2D eigenvalue weighted by atomic mass is 16.3. The van der Waals surface area contributed by atoms with Crippen LogP contribution in [0.2, 0.25) is 0 Å². The third kappa shape index (κ3) is 1.83. The van der Waals surface area contributed by atoms with Crippen molar-refractivity contribution in [3.8, 4) is 5.75 Å². The van der Waals surface area contributed by atoms with E-state index < -0.39 is 0 Å². The minimum Gasteiger partial charge on any atom is -0.506 e. The first-order valence-corrected chi connectivity index (χ1v) is 4.38. The van der Waals surface area contributed by atoms with Crippen LogP contribution in [0.1, 0.15) is 16.1 Å². The molecule has 15 heavy (non-hydrogen) atoms. The van der Waals surface area contributed by atoms with Crippen molar-refractivity contribution in [2.45, 2.75) is 0 Å². The van der Waals surface area contributed by atoms with Crippen LogP contribution in [-0.2, 0) is 0 Å². The topological polar surface area (TPSA) is 63.1 Å². The van der Waals surface area contributed by atoms with E-state index >= 15 is 0 Å². The van der Waals surface area contributed by atoms with E-state index in [-0.39, 0.29) is 17.1 Å². The van der Waals surface area contributed by atoms with Crippen molar-refractivity contribution in [2.24, 2.45) is 0 Å². The Morgan fingerprint density at radius 2 is 2.07 bits per heavy atom. The lowest BCUT2D eigenvalue weighted by Gasteiger charge is -2.01. The second-order valence-electron chi connectivity index (χ2n) is 2.94. The number of pyridine rings is 2. The van der Waals surface area contributed by atoms with Gasteiger partial charge in [0.1, 0.15) is 11.4 Å². The number of hydrogen-bond donors (Lipinski definition) is 1. The lowest BCUT2D eigenvalue weighted by molar-refractivity contribution is 0.103. The molecule has 0 spiro atoms. The summed E-state index contributed by atoms with van der Waals surface area (Å²) in [6, 6.07) is 6.51. The first-order chi connectivity index (χ1) is 7.29. The van der Waals surface area contributed by atoms with Crippen LogP contribution in [0.4, 0.5) is 0 Å². The summed E-state index contributed by atoms with van der Waals surface area (Å²) in [6.07, 6.45) is 4.22. The van der Waals surface area contributed by atoms with E-state index in [9.17, 15) is 9.90 Å². The van der Waals surface area contributed by atoms with Crippen LogP contribution in [0.5, 0.6) is 5.75 Å². The van der Waals surface area contributed by atoms with Gasteiger partial charge in [-0.1, -0.05) is 6.07 Å². The molecular formula is C11H8N2O2. The second kappa shape index (κ2) is 3.88. The molecule has 2 rings (SSSR count). The maximum absolute atomic E-state index is 11.8. The van der Waals surface area contributed by atoms with Gasteiger partial charge in [0.2, 0.25) is 5.78 Å². The number of carbonyl (C=O) groups is 1. The Morgan fingerprint density at radius 1 is 1.20 bits per heavy atom. The average Bonchev–Trinajstić information content (AvgIpc) is 2.30. The van der Waals surface area contributed by atoms with Crippen molar-refractivity contribution in [3.63, 3.8) is 0 Å². The summed E-state index contributed by atoms with van der Waals surface area (Å²) < 4.78 is 0. The molecule has 0 aliphatic rings. The summed E-state index contributed by atoms with van der Waals surface area (Å²) in [5.41, 5.74) is 0.516. The number of carbonyl (C=O) groups excluding carboxylic acids is 1. The molecule has 0 aromatic carbocycles. The summed E-state index contributed by atoms with van der Waals surface area (Å²) in [4.78, 5) is 19.4. The molecule has 2 heterocycles. The standard InChI is InChI=1S/C11H8N2O2/c14-10-7-12-6-4-8(10)11(15)9-3-1-2-5-13-9/h1-7,14H. The van der Waals surface area contributed by atoms with Gasteiger partial charge in [-0.3, -0.25) is 14.8 Å². The highest BCUT2D eigenvalue weighted by Gasteiger charge is 2.13. The fraction of sp³-hybridized carbons (Fsp3) is 0. The zero-order chi connectivity index (χ0) is 10.7. The van der Waals surface area contributed by atoms with Crippen molar-refractivity contribution in [1.82, 2.24) is 9.97 Å². The molecule has 0 amide bonds. The van der Waals surface area contributed by atoms with E-state index in [1.165, 1.54) is 24.7 Å². The molecule has 0 bridgehead atoms. The number of hydrogen-bond acceptors (Lipinski definition) is 4. The zero-order valence-electron chi connectivity index (χ0n) is 7.79. The summed E-state index contributed by atoms with van der Waals surface area (Å²) in [5.74, 6) is -0.441. The van der Waals surface area contributed by atoms with E-state index in [0.717, 1.165) is 0 Å². The van der Waals surface area contributed by atoms with Gasteiger partial charge in [-0.05, 0) is 18.2 Å². The van der Waals surface area contributed by atoms with Gasteiger partial charge in [0.25, 0.3) is 0 Å². The largest absolute Gasteiger partial charge is 0.506 e. The summed E-state index contributed by atoms with van der Waals surface area (Å²) in [5, 5.41) is 9.43. The second-order valence-corrected chi connectivity index (χ2v) is 2.94. The summed E-state index contributed by atoms with van der Waals surface area (Å²) in [7, 11) is 0. The lowest BCUT2D eigenvalue weighted by Crippen LogP contribution is -2.03. The quantitative estimate of drug-likeness (QED) is 0.744.